The second kappa shape index (κ2) is 4.16. The van der Waals surface area contributed by atoms with Crippen LogP contribution >= 0.6 is 0 Å². The van der Waals surface area contributed by atoms with Crippen LogP contribution in [0.15, 0.2) is 18.2 Å². The quantitative estimate of drug-likeness (QED) is 0.817. The first-order valence-electron chi connectivity index (χ1n) is 5.62. The molecule has 3 heteroatoms. The van der Waals surface area contributed by atoms with Crippen molar-refractivity contribution in [2.75, 3.05) is 11.9 Å². The lowest BCUT2D eigenvalue weighted by molar-refractivity contribution is -0.138. The number of carbonyl (C=O) groups is 1. The number of hydrogen-bond donors (Lipinski definition) is 2. The molecule has 2 unspecified atom stereocenters. The van der Waals surface area contributed by atoms with Gasteiger partial charge in [-0.25, -0.2) is 0 Å². The number of carboxylic acids is 1. The summed E-state index contributed by atoms with van der Waals surface area (Å²) >= 11 is 0. The molecule has 1 saturated carbocycles. The zero-order chi connectivity index (χ0) is 11.7. The SMILES string of the molecule is Cc1ccc(NCC2CC2C(=O)O)cc1C. The fraction of sp³-hybridized carbons (Fsp3) is 0.462. The third kappa shape index (κ3) is 2.35. The minimum absolute atomic E-state index is 0.126. The van der Waals surface area contributed by atoms with Gasteiger partial charge in [-0.3, -0.25) is 4.79 Å². The predicted octanol–water partition coefficient (Wildman–Crippen LogP) is 2.44. The number of benzene rings is 1. The van der Waals surface area contributed by atoms with E-state index in [4.69, 9.17) is 5.11 Å². The Morgan fingerprint density at radius 1 is 1.44 bits per heavy atom. The van der Waals surface area contributed by atoms with Crippen molar-refractivity contribution in [1.29, 1.82) is 0 Å². The average molecular weight is 219 g/mol. The number of carboxylic acid groups (broad SMARTS) is 1. The number of aliphatic carboxylic acids is 1. The van der Waals surface area contributed by atoms with E-state index in [-0.39, 0.29) is 5.92 Å². The van der Waals surface area contributed by atoms with E-state index in [0.29, 0.717) is 5.92 Å². The summed E-state index contributed by atoms with van der Waals surface area (Å²) in [6, 6.07) is 6.23. The van der Waals surface area contributed by atoms with Crippen LogP contribution in [0, 0.1) is 25.7 Å². The summed E-state index contributed by atoms with van der Waals surface area (Å²) in [6.07, 6.45) is 0.813. The first-order chi connectivity index (χ1) is 7.58. The van der Waals surface area contributed by atoms with Crippen LogP contribution in [0.5, 0.6) is 0 Å². The smallest absolute Gasteiger partial charge is 0.306 e. The molecule has 0 bridgehead atoms. The monoisotopic (exact) mass is 219 g/mol. The van der Waals surface area contributed by atoms with Crippen molar-refractivity contribution in [2.24, 2.45) is 11.8 Å². The molecule has 0 heterocycles. The molecule has 2 rings (SSSR count). The minimum atomic E-state index is -0.660. The van der Waals surface area contributed by atoms with E-state index in [1.54, 1.807) is 0 Å². The van der Waals surface area contributed by atoms with Crippen molar-refractivity contribution < 1.29 is 9.90 Å². The van der Waals surface area contributed by atoms with E-state index in [0.717, 1.165) is 18.7 Å². The average Bonchev–Trinajstić information content (AvgIpc) is 2.99. The molecule has 0 saturated heterocycles. The highest BCUT2D eigenvalue weighted by atomic mass is 16.4. The van der Waals surface area contributed by atoms with Crippen molar-refractivity contribution in [3.63, 3.8) is 0 Å². The van der Waals surface area contributed by atoms with Gasteiger partial charge in [0.1, 0.15) is 0 Å². The van der Waals surface area contributed by atoms with Gasteiger partial charge in [-0.1, -0.05) is 6.07 Å². The molecule has 0 aromatic heterocycles. The van der Waals surface area contributed by atoms with E-state index in [2.05, 4.69) is 31.3 Å². The molecule has 0 radical (unpaired) electrons. The summed E-state index contributed by atoms with van der Waals surface area (Å²) in [6.45, 7) is 4.93. The topological polar surface area (TPSA) is 49.3 Å². The molecule has 16 heavy (non-hydrogen) atoms. The van der Waals surface area contributed by atoms with Gasteiger partial charge in [0, 0.05) is 12.2 Å². The largest absolute Gasteiger partial charge is 0.481 e. The molecular weight excluding hydrogens is 202 g/mol. The van der Waals surface area contributed by atoms with Crippen molar-refractivity contribution in [2.45, 2.75) is 20.3 Å². The van der Waals surface area contributed by atoms with Gasteiger partial charge >= 0.3 is 5.97 Å². The zero-order valence-electron chi connectivity index (χ0n) is 9.66. The van der Waals surface area contributed by atoms with Crippen molar-refractivity contribution >= 4 is 11.7 Å². The van der Waals surface area contributed by atoms with Gasteiger partial charge in [-0.15, -0.1) is 0 Å². The molecule has 3 nitrogen and oxygen atoms in total. The lowest BCUT2D eigenvalue weighted by Gasteiger charge is -2.07. The Kier molecular flexibility index (Phi) is 2.86. The van der Waals surface area contributed by atoms with Gasteiger partial charge in [0.05, 0.1) is 5.92 Å². The molecule has 0 aliphatic heterocycles. The summed E-state index contributed by atoms with van der Waals surface area (Å²) in [7, 11) is 0. The van der Waals surface area contributed by atoms with Crippen molar-refractivity contribution in [1.82, 2.24) is 0 Å². The van der Waals surface area contributed by atoms with Crippen LogP contribution in [0.25, 0.3) is 0 Å². The summed E-state index contributed by atoms with van der Waals surface area (Å²) in [5.74, 6) is -0.481. The Morgan fingerprint density at radius 3 is 2.75 bits per heavy atom. The second-order valence-electron chi connectivity index (χ2n) is 4.62. The molecular formula is C13H17NO2. The Hall–Kier alpha value is -1.51. The van der Waals surface area contributed by atoms with Gasteiger partial charge in [0.2, 0.25) is 0 Å². The summed E-state index contributed by atoms with van der Waals surface area (Å²) < 4.78 is 0. The highest BCUT2D eigenvalue weighted by Crippen LogP contribution is 2.38. The molecule has 1 aromatic carbocycles. The van der Waals surface area contributed by atoms with Gasteiger partial charge in [-0.05, 0) is 49.4 Å². The maximum atomic E-state index is 10.7. The van der Waals surface area contributed by atoms with E-state index >= 15 is 0 Å². The lowest BCUT2D eigenvalue weighted by atomic mass is 10.1. The van der Waals surface area contributed by atoms with Crippen molar-refractivity contribution in [3.05, 3.63) is 29.3 Å². The number of anilines is 1. The third-order valence-corrected chi connectivity index (χ3v) is 3.32. The molecule has 1 aromatic rings. The number of aryl methyl sites for hydroxylation is 2. The zero-order valence-corrected chi connectivity index (χ0v) is 9.66. The van der Waals surface area contributed by atoms with Crippen LogP contribution in [0.3, 0.4) is 0 Å². The highest BCUT2D eigenvalue weighted by molar-refractivity contribution is 5.73. The van der Waals surface area contributed by atoms with E-state index in [1.807, 2.05) is 6.07 Å². The van der Waals surface area contributed by atoms with Crippen LogP contribution in [-0.4, -0.2) is 17.6 Å². The maximum absolute atomic E-state index is 10.7. The number of nitrogens with one attached hydrogen (secondary N) is 1. The van der Waals surface area contributed by atoms with Crippen LogP contribution in [-0.2, 0) is 4.79 Å². The summed E-state index contributed by atoms with van der Waals surface area (Å²) in [5, 5.41) is 12.1. The van der Waals surface area contributed by atoms with Crippen LogP contribution in [0.2, 0.25) is 0 Å². The van der Waals surface area contributed by atoms with Crippen LogP contribution in [0.4, 0.5) is 5.69 Å². The normalized spacial score (nSPS) is 22.9. The fourth-order valence-electron chi connectivity index (χ4n) is 1.88. The predicted molar refractivity (Wildman–Crippen MR) is 63.6 cm³/mol. The van der Waals surface area contributed by atoms with E-state index < -0.39 is 5.97 Å². The minimum Gasteiger partial charge on any atom is -0.481 e. The summed E-state index contributed by atoms with van der Waals surface area (Å²) in [5.41, 5.74) is 3.62. The third-order valence-electron chi connectivity index (χ3n) is 3.32. The Balaban J connectivity index is 1.87. The van der Waals surface area contributed by atoms with Gasteiger partial charge in [0.15, 0.2) is 0 Å². The summed E-state index contributed by atoms with van der Waals surface area (Å²) in [4.78, 5) is 10.7. The first-order valence-corrected chi connectivity index (χ1v) is 5.62. The molecule has 0 amide bonds. The number of hydrogen-bond acceptors (Lipinski definition) is 2. The molecule has 1 aliphatic rings. The Bertz CT molecular complexity index is 414. The molecule has 2 N–H and O–H groups in total. The van der Waals surface area contributed by atoms with Gasteiger partial charge in [-0.2, -0.15) is 0 Å². The first kappa shape index (κ1) is 11.0. The second-order valence-corrected chi connectivity index (χ2v) is 4.62. The van der Waals surface area contributed by atoms with Crippen molar-refractivity contribution in [3.8, 4) is 0 Å². The Labute approximate surface area is 95.5 Å². The van der Waals surface area contributed by atoms with Gasteiger partial charge < -0.3 is 10.4 Å². The van der Waals surface area contributed by atoms with E-state index in [1.165, 1.54) is 11.1 Å². The highest BCUT2D eigenvalue weighted by Gasteiger charge is 2.42. The number of rotatable bonds is 4. The Morgan fingerprint density at radius 2 is 2.19 bits per heavy atom. The van der Waals surface area contributed by atoms with Crippen LogP contribution < -0.4 is 5.32 Å². The molecule has 0 spiro atoms. The fourth-order valence-corrected chi connectivity index (χ4v) is 1.88. The molecule has 1 aliphatic carbocycles. The molecule has 86 valence electrons. The lowest BCUT2D eigenvalue weighted by Crippen LogP contribution is -2.08. The molecule has 1 fully saturated rings. The standard InChI is InChI=1S/C13H17NO2/c1-8-3-4-11(5-9(8)2)14-7-10-6-12(10)13(15)16/h3-5,10,12,14H,6-7H2,1-2H3,(H,15,16). The maximum Gasteiger partial charge on any atom is 0.306 e. The van der Waals surface area contributed by atoms with Gasteiger partial charge in [0.25, 0.3) is 0 Å². The molecule has 2 atom stereocenters. The van der Waals surface area contributed by atoms with E-state index in [9.17, 15) is 4.79 Å². The van der Waals surface area contributed by atoms with Crippen LogP contribution in [0.1, 0.15) is 17.5 Å².